The van der Waals surface area contributed by atoms with Gasteiger partial charge in [-0.1, -0.05) is 72.8 Å². The molecule has 45 heavy (non-hydrogen) atoms. The lowest BCUT2D eigenvalue weighted by atomic mass is 9.92. The molecule has 0 aliphatic carbocycles. The van der Waals surface area contributed by atoms with Crippen LogP contribution in [0.1, 0.15) is 34.7 Å². The highest BCUT2D eigenvalue weighted by Gasteiger charge is 2.35. The molecule has 0 saturated heterocycles. The first-order chi connectivity index (χ1) is 21.5. The predicted molar refractivity (Wildman–Crippen MR) is 161 cm³/mol. The summed E-state index contributed by atoms with van der Waals surface area (Å²) in [5.41, 5.74) is 4.14. The van der Waals surface area contributed by atoms with Crippen LogP contribution in [0.2, 0.25) is 0 Å². The lowest BCUT2D eigenvalue weighted by Gasteiger charge is -2.36. The van der Waals surface area contributed by atoms with E-state index in [-0.39, 0.29) is 31.9 Å². The van der Waals surface area contributed by atoms with Crippen LogP contribution in [-0.2, 0) is 46.6 Å². The minimum atomic E-state index is -4.42. The molecule has 232 valence electrons. The first-order valence-electron chi connectivity index (χ1n) is 14.3. The minimum Gasteiger partial charge on any atom is -0.489 e. The third kappa shape index (κ3) is 7.70. The van der Waals surface area contributed by atoms with Gasteiger partial charge < -0.3 is 20.1 Å². The average Bonchev–Trinajstić information content (AvgIpc) is 3.03. The number of carbonyl (C=O) groups excluding carboxylic acids is 2. The molecule has 1 aliphatic rings. The zero-order chi connectivity index (χ0) is 32.1. The van der Waals surface area contributed by atoms with Gasteiger partial charge in [0.1, 0.15) is 24.4 Å². The number of alkyl halides is 3. The smallest absolute Gasteiger partial charge is 0.416 e. The van der Waals surface area contributed by atoms with Gasteiger partial charge in [0, 0.05) is 26.3 Å². The van der Waals surface area contributed by atoms with Crippen molar-refractivity contribution in [1.29, 1.82) is 0 Å². The minimum absolute atomic E-state index is 0.0456. The second kappa shape index (κ2) is 13.3. The summed E-state index contributed by atoms with van der Waals surface area (Å²) in [5.74, 6) is -1.63. The number of rotatable bonds is 9. The number of carboxylic acids is 1. The van der Waals surface area contributed by atoms with Crippen LogP contribution >= 0.6 is 0 Å². The molecule has 7 nitrogen and oxygen atoms in total. The van der Waals surface area contributed by atoms with Gasteiger partial charge in [-0.2, -0.15) is 13.2 Å². The van der Waals surface area contributed by atoms with Gasteiger partial charge in [0.15, 0.2) is 0 Å². The lowest BCUT2D eigenvalue weighted by Crippen LogP contribution is -2.55. The van der Waals surface area contributed by atoms with E-state index in [1.54, 1.807) is 18.2 Å². The Kier molecular flexibility index (Phi) is 9.22. The van der Waals surface area contributed by atoms with Crippen molar-refractivity contribution in [3.63, 3.8) is 0 Å². The normalized spacial score (nSPS) is 15.1. The van der Waals surface area contributed by atoms with E-state index in [0.717, 1.165) is 39.9 Å². The molecule has 2 amide bonds. The van der Waals surface area contributed by atoms with Crippen molar-refractivity contribution in [2.45, 2.75) is 51.2 Å². The summed E-state index contributed by atoms with van der Waals surface area (Å²) in [6.07, 6.45) is -4.17. The second-order valence-electron chi connectivity index (χ2n) is 10.9. The first-order valence-corrected chi connectivity index (χ1v) is 14.3. The van der Waals surface area contributed by atoms with Crippen molar-refractivity contribution < 1.29 is 37.4 Å². The van der Waals surface area contributed by atoms with Crippen molar-refractivity contribution in [2.75, 3.05) is 0 Å². The van der Waals surface area contributed by atoms with E-state index in [2.05, 4.69) is 5.32 Å². The number of hydrogen-bond donors (Lipinski definition) is 2. The van der Waals surface area contributed by atoms with Crippen LogP contribution in [-0.4, -0.2) is 39.9 Å². The van der Waals surface area contributed by atoms with Gasteiger partial charge in [0.2, 0.25) is 11.8 Å². The summed E-state index contributed by atoms with van der Waals surface area (Å²) in [7, 11) is 0. The largest absolute Gasteiger partial charge is 0.489 e. The molecule has 2 atom stereocenters. The van der Waals surface area contributed by atoms with Gasteiger partial charge in [0.25, 0.3) is 0 Å². The quantitative estimate of drug-likeness (QED) is 0.239. The molecule has 4 aromatic rings. The van der Waals surface area contributed by atoms with Crippen LogP contribution in [0.3, 0.4) is 0 Å². The van der Waals surface area contributed by atoms with Crippen LogP contribution in [0.4, 0.5) is 13.2 Å². The predicted octanol–water partition coefficient (Wildman–Crippen LogP) is 6.04. The molecule has 0 spiro atoms. The third-order valence-corrected chi connectivity index (χ3v) is 7.82. The molecule has 5 rings (SSSR count). The fourth-order valence-corrected chi connectivity index (χ4v) is 5.34. The Bertz CT molecular complexity index is 1670. The van der Waals surface area contributed by atoms with E-state index in [9.17, 15) is 32.7 Å². The molecule has 0 unspecified atom stereocenters. The molecule has 0 saturated carbocycles. The Morgan fingerprint density at radius 2 is 1.53 bits per heavy atom. The van der Waals surface area contributed by atoms with Crippen molar-refractivity contribution in [3.05, 3.63) is 125 Å². The van der Waals surface area contributed by atoms with Crippen molar-refractivity contribution in [3.8, 4) is 16.9 Å². The lowest BCUT2D eigenvalue weighted by molar-refractivity contribution is -0.144. The van der Waals surface area contributed by atoms with E-state index in [1.807, 2.05) is 54.6 Å². The maximum atomic E-state index is 13.4. The number of ether oxygens (including phenoxy) is 1. The van der Waals surface area contributed by atoms with Crippen molar-refractivity contribution in [2.24, 2.45) is 0 Å². The summed E-state index contributed by atoms with van der Waals surface area (Å²) >= 11 is 0. The Morgan fingerprint density at radius 1 is 0.889 bits per heavy atom. The van der Waals surface area contributed by atoms with E-state index in [0.29, 0.717) is 11.3 Å². The molecule has 2 N–H and O–H groups in total. The summed E-state index contributed by atoms with van der Waals surface area (Å²) in [4.78, 5) is 39.5. The Morgan fingerprint density at radius 3 is 2.16 bits per heavy atom. The van der Waals surface area contributed by atoms with Gasteiger partial charge >= 0.3 is 12.1 Å². The van der Waals surface area contributed by atoms with Gasteiger partial charge in [-0.05, 0) is 57.6 Å². The third-order valence-electron chi connectivity index (χ3n) is 7.82. The fourth-order valence-electron chi connectivity index (χ4n) is 5.34. The number of aliphatic carboxylic acids is 1. The molecule has 1 heterocycles. The first kappa shape index (κ1) is 31.3. The Labute approximate surface area is 258 Å². The van der Waals surface area contributed by atoms with Crippen LogP contribution < -0.4 is 10.1 Å². The van der Waals surface area contributed by atoms with Crippen LogP contribution in [0.5, 0.6) is 5.75 Å². The monoisotopic (exact) mass is 616 g/mol. The standard InChI is InChI=1S/C35H31F3N2O5/c1-22(41)40-20-28-18-30(45-21-24-9-14-29(15-10-24)35(36,37)38)16-13-27(28)19-32(40)33(42)39-31(34(43)44)17-23-7-11-26(12-8-23)25-5-3-2-4-6-25/h2-16,18,31-32H,17,19-21H2,1H3,(H,39,42)(H,43,44)/t31-,32-/m0/s1. The molecule has 10 heteroatoms. The summed E-state index contributed by atoms with van der Waals surface area (Å²) in [5, 5.41) is 12.5. The highest BCUT2D eigenvalue weighted by Crippen LogP contribution is 2.30. The number of carbonyl (C=O) groups is 3. The van der Waals surface area contributed by atoms with Gasteiger partial charge in [-0.15, -0.1) is 0 Å². The SMILES string of the molecule is CC(=O)N1Cc2cc(OCc3ccc(C(F)(F)F)cc3)ccc2C[C@H]1C(=O)N[C@@H](Cc1ccc(-c2ccccc2)cc1)C(=O)O. The number of nitrogens with zero attached hydrogens (tertiary/aromatic N) is 1. The van der Waals surface area contributed by atoms with Crippen molar-refractivity contribution in [1.82, 2.24) is 10.2 Å². The number of benzene rings is 4. The number of amides is 2. The molecular formula is C35H31F3N2O5. The topological polar surface area (TPSA) is 95.9 Å². The molecule has 4 aromatic carbocycles. The van der Waals surface area contributed by atoms with E-state index >= 15 is 0 Å². The summed E-state index contributed by atoms with van der Waals surface area (Å²) < 4.78 is 44.3. The van der Waals surface area contributed by atoms with E-state index in [1.165, 1.54) is 24.0 Å². The van der Waals surface area contributed by atoms with Crippen LogP contribution in [0, 0.1) is 0 Å². The van der Waals surface area contributed by atoms with Gasteiger partial charge in [0.05, 0.1) is 5.56 Å². The zero-order valence-corrected chi connectivity index (χ0v) is 24.4. The zero-order valence-electron chi connectivity index (χ0n) is 24.4. The number of fused-ring (bicyclic) bond motifs is 1. The summed E-state index contributed by atoms with van der Waals surface area (Å²) in [6, 6.07) is 25.1. The molecule has 0 radical (unpaired) electrons. The number of hydrogen-bond acceptors (Lipinski definition) is 4. The van der Waals surface area contributed by atoms with Gasteiger partial charge in [-0.3, -0.25) is 9.59 Å². The highest BCUT2D eigenvalue weighted by molar-refractivity contribution is 5.90. The van der Waals surface area contributed by atoms with Crippen LogP contribution in [0.25, 0.3) is 11.1 Å². The van der Waals surface area contributed by atoms with Gasteiger partial charge in [-0.25, -0.2) is 4.79 Å². The number of halogens is 3. The highest BCUT2D eigenvalue weighted by atomic mass is 19.4. The van der Waals surface area contributed by atoms with E-state index in [4.69, 9.17) is 4.74 Å². The molecule has 0 fully saturated rings. The average molecular weight is 617 g/mol. The maximum absolute atomic E-state index is 13.4. The van der Waals surface area contributed by atoms with Crippen molar-refractivity contribution >= 4 is 17.8 Å². The molecular weight excluding hydrogens is 585 g/mol. The Hall–Kier alpha value is -5.12. The Balaban J connectivity index is 1.24. The number of carboxylic acid groups (broad SMARTS) is 1. The fraction of sp³-hybridized carbons (Fsp3) is 0.229. The maximum Gasteiger partial charge on any atom is 0.416 e. The summed E-state index contributed by atoms with van der Waals surface area (Å²) in [6.45, 7) is 1.50. The molecule has 0 aromatic heterocycles. The molecule has 1 aliphatic heterocycles. The second-order valence-corrected chi connectivity index (χ2v) is 10.9. The number of nitrogens with one attached hydrogen (secondary N) is 1. The van der Waals surface area contributed by atoms with E-state index < -0.39 is 35.7 Å². The molecule has 0 bridgehead atoms. The van der Waals surface area contributed by atoms with Crippen LogP contribution in [0.15, 0.2) is 97.1 Å².